The van der Waals surface area contributed by atoms with Gasteiger partial charge < -0.3 is 14.0 Å². The third kappa shape index (κ3) is 3.92. The Hall–Kier alpha value is -1.04. The maximum atomic E-state index is 6.11. The van der Waals surface area contributed by atoms with Gasteiger partial charge in [0.1, 0.15) is 12.4 Å². The zero-order valence-corrected chi connectivity index (χ0v) is 17.4. The molecule has 1 aromatic carbocycles. The van der Waals surface area contributed by atoms with E-state index < -0.39 is 0 Å². The topological polar surface area (TPSA) is 30.9 Å². The highest BCUT2D eigenvalue weighted by Gasteiger charge is 2.51. The molecule has 148 valence electrons. The van der Waals surface area contributed by atoms with E-state index in [1.807, 2.05) is 12.1 Å². The van der Waals surface area contributed by atoms with Gasteiger partial charge in [-0.1, -0.05) is 18.6 Å². The first-order valence-electron chi connectivity index (χ1n) is 10.6. The van der Waals surface area contributed by atoms with Crippen molar-refractivity contribution in [3.63, 3.8) is 0 Å². The summed E-state index contributed by atoms with van der Waals surface area (Å²) in [6.45, 7) is 12.6. The molecule has 4 rings (SSSR count). The van der Waals surface area contributed by atoms with Crippen LogP contribution in [0.15, 0.2) is 24.3 Å². The van der Waals surface area contributed by atoms with Crippen molar-refractivity contribution in [1.82, 2.24) is 4.90 Å². The van der Waals surface area contributed by atoms with Crippen molar-refractivity contribution >= 4 is 12.6 Å². The second-order valence-corrected chi connectivity index (χ2v) is 9.70. The van der Waals surface area contributed by atoms with E-state index >= 15 is 0 Å². The van der Waals surface area contributed by atoms with Crippen molar-refractivity contribution in [3.05, 3.63) is 24.3 Å². The lowest BCUT2D eigenvalue weighted by molar-refractivity contribution is 0.00578. The summed E-state index contributed by atoms with van der Waals surface area (Å²) in [6, 6.07) is 8.16. The smallest absolute Gasteiger partial charge is 0.492 e. The van der Waals surface area contributed by atoms with E-state index in [-0.39, 0.29) is 18.3 Å². The van der Waals surface area contributed by atoms with Crippen LogP contribution in [0.5, 0.6) is 5.75 Å². The number of hydrogen-bond donors (Lipinski definition) is 0. The lowest BCUT2D eigenvalue weighted by atomic mass is 9.63. The molecule has 2 heterocycles. The van der Waals surface area contributed by atoms with Crippen molar-refractivity contribution in [1.29, 1.82) is 0 Å². The first-order chi connectivity index (χ1) is 12.8. The largest absolute Gasteiger partial charge is 0.494 e. The minimum Gasteiger partial charge on any atom is -0.492 e. The molecular formula is C22H34BNO3. The average Bonchev–Trinajstić information content (AvgIpc) is 2.82. The molecule has 2 aliphatic heterocycles. The van der Waals surface area contributed by atoms with Crippen LogP contribution < -0.4 is 10.2 Å². The van der Waals surface area contributed by atoms with Crippen molar-refractivity contribution in [2.45, 2.75) is 71.0 Å². The van der Waals surface area contributed by atoms with Crippen molar-refractivity contribution in [3.8, 4) is 5.75 Å². The fourth-order valence-corrected chi connectivity index (χ4v) is 4.42. The number of nitrogens with zero attached hydrogens (tertiary/aromatic N) is 1. The van der Waals surface area contributed by atoms with Crippen LogP contribution in [-0.2, 0) is 9.31 Å². The highest BCUT2D eigenvalue weighted by molar-refractivity contribution is 6.62. The minimum atomic E-state index is -0.309. The van der Waals surface area contributed by atoms with Crippen molar-refractivity contribution in [2.24, 2.45) is 5.41 Å². The number of likely N-dealkylation sites (tertiary alicyclic amines) is 1. The van der Waals surface area contributed by atoms with Crippen molar-refractivity contribution < 1.29 is 14.0 Å². The first kappa shape index (κ1) is 19.3. The van der Waals surface area contributed by atoms with Crippen molar-refractivity contribution in [2.75, 3.05) is 26.2 Å². The first-order valence-corrected chi connectivity index (χ1v) is 10.6. The Balaban J connectivity index is 1.23. The highest BCUT2D eigenvalue weighted by atomic mass is 16.7. The van der Waals surface area contributed by atoms with Crippen LogP contribution >= 0.6 is 0 Å². The highest BCUT2D eigenvalue weighted by Crippen LogP contribution is 2.48. The van der Waals surface area contributed by atoms with Gasteiger partial charge in [-0.3, -0.25) is 4.90 Å². The van der Waals surface area contributed by atoms with Gasteiger partial charge in [0.2, 0.25) is 0 Å². The third-order valence-corrected chi connectivity index (χ3v) is 7.41. The summed E-state index contributed by atoms with van der Waals surface area (Å²) in [4.78, 5) is 2.56. The van der Waals surface area contributed by atoms with E-state index in [2.05, 4.69) is 44.7 Å². The van der Waals surface area contributed by atoms with E-state index in [4.69, 9.17) is 14.0 Å². The quantitative estimate of drug-likeness (QED) is 0.740. The van der Waals surface area contributed by atoms with Gasteiger partial charge in [0.05, 0.1) is 11.2 Å². The number of rotatable bonds is 5. The zero-order valence-electron chi connectivity index (χ0n) is 17.4. The standard InChI is InChI=1S/C22H34BNO3/c1-20(2)21(3,4)27-23(26-20)18-6-8-19(9-7-18)25-17-16-24-14-12-22(13-15-24)10-5-11-22/h6-9H,5,10-17H2,1-4H3. The molecule has 0 atom stereocenters. The molecule has 1 saturated carbocycles. The molecule has 5 heteroatoms. The SMILES string of the molecule is CC1(C)OB(c2ccc(OCCN3CCC4(CCC4)CC3)cc2)OC1(C)C. The summed E-state index contributed by atoms with van der Waals surface area (Å²) >= 11 is 0. The molecular weight excluding hydrogens is 337 g/mol. The van der Waals surface area contributed by atoms with Gasteiger partial charge in [-0.25, -0.2) is 0 Å². The third-order valence-electron chi connectivity index (χ3n) is 7.41. The maximum Gasteiger partial charge on any atom is 0.494 e. The summed E-state index contributed by atoms with van der Waals surface area (Å²) in [5, 5.41) is 0. The molecule has 0 bridgehead atoms. The van der Waals surface area contributed by atoms with E-state index in [0.29, 0.717) is 0 Å². The average molecular weight is 371 g/mol. The fraction of sp³-hybridized carbons (Fsp3) is 0.727. The van der Waals surface area contributed by atoms with Gasteiger partial charge in [0, 0.05) is 6.54 Å². The van der Waals surface area contributed by atoms with Crippen LogP contribution in [0.2, 0.25) is 0 Å². The predicted molar refractivity (Wildman–Crippen MR) is 110 cm³/mol. The molecule has 3 aliphatic rings. The predicted octanol–water partition coefficient (Wildman–Crippen LogP) is 3.63. The van der Waals surface area contributed by atoms with Crippen LogP contribution in [0.4, 0.5) is 0 Å². The summed E-state index contributed by atoms with van der Waals surface area (Å²) in [5.41, 5.74) is 1.15. The fourth-order valence-electron chi connectivity index (χ4n) is 4.42. The normalized spacial score (nSPS) is 26.1. The molecule has 0 N–H and O–H groups in total. The maximum absolute atomic E-state index is 6.11. The number of ether oxygens (including phenoxy) is 1. The molecule has 0 unspecified atom stereocenters. The monoisotopic (exact) mass is 371 g/mol. The number of piperidine rings is 1. The number of benzene rings is 1. The summed E-state index contributed by atoms with van der Waals surface area (Å²) in [7, 11) is -0.309. The number of hydrogen-bond acceptors (Lipinski definition) is 4. The lowest BCUT2D eigenvalue weighted by Gasteiger charge is -2.48. The van der Waals surface area contributed by atoms with Gasteiger partial charge in [-0.05, 0) is 89.5 Å². The molecule has 1 aliphatic carbocycles. The Morgan fingerprint density at radius 1 is 0.926 bits per heavy atom. The van der Waals surface area contributed by atoms with Gasteiger partial charge >= 0.3 is 7.12 Å². The Labute approximate surface area is 164 Å². The minimum absolute atomic E-state index is 0.306. The van der Waals surface area contributed by atoms with E-state index in [1.165, 1.54) is 45.2 Å². The van der Waals surface area contributed by atoms with Gasteiger partial charge in [-0.15, -0.1) is 0 Å². The summed E-state index contributed by atoms with van der Waals surface area (Å²) < 4.78 is 18.2. The van der Waals surface area contributed by atoms with Crippen LogP contribution in [0.25, 0.3) is 0 Å². The van der Waals surface area contributed by atoms with E-state index in [1.54, 1.807) is 0 Å². The zero-order chi connectivity index (χ0) is 19.1. The molecule has 3 fully saturated rings. The van der Waals surface area contributed by atoms with Crippen LogP contribution in [-0.4, -0.2) is 49.5 Å². The lowest BCUT2D eigenvalue weighted by Crippen LogP contribution is -2.44. The van der Waals surface area contributed by atoms with Crippen LogP contribution in [0.3, 0.4) is 0 Å². The molecule has 1 spiro atoms. The Bertz CT molecular complexity index is 628. The second-order valence-electron chi connectivity index (χ2n) is 9.70. The van der Waals surface area contributed by atoms with Gasteiger partial charge in [0.15, 0.2) is 0 Å². The summed E-state index contributed by atoms with van der Waals surface area (Å²) in [5.74, 6) is 0.919. The van der Waals surface area contributed by atoms with Gasteiger partial charge in [0.25, 0.3) is 0 Å². The Kier molecular flexibility index (Phi) is 5.07. The molecule has 0 amide bonds. The molecule has 0 aromatic heterocycles. The second kappa shape index (κ2) is 7.09. The molecule has 1 aromatic rings. The Morgan fingerprint density at radius 2 is 1.52 bits per heavy atom. The van der Waals surface area contributed by atoms with E-state index in [9.17, 15) is 0 Å². The molecule has 4 nitrogen and oxygen atoms in total. The van der Waals surface area contributed by atoms with Gasteiger partial charge in [-0.2, -0.15) is 0 Å². The molecule has 0 radical (unpaired) electrons. The van der Waals surface area contributed by atoms with Crippen LogP contribution in [0, 0.1) is 5.41 Å². The molecule has 27 heavy (non-hydrogen) atoms. The molecule has 2 saturated heterocycles. The Morgan fingerprint density at radius 3 is 2.04 bits per heavy atom. The van der Waals surface area contributed by atoms with E-state index in [0.717, 1.165) is 29.8 Å². The van der Waals surface area contributed by atoms with Crippen LogP contribution in [0.1, 0.15) is 59.8 Å². The summed E-state index contributed by atoms with van der Waals surface area (Å²) in [6.07, 6.45) is 7.15.